The predicted octanol–water partition coefficient (Wildman–Crippen LogP) is 3.50. The van der Waals surface area contributed by atoms with Crippen molar-refractivity contribution < 1.29 is 13.9 Å². The molecule has 0 aliphatic heterocycles. The smallest absolute Gasteiger partial charge is 0.257 e. The molecule has 0 saturated carbocycles. The van der Waals surface area contributed by atoms with Crippen LogP contribution < -0.4 is 4.74 Å². The lowest BCUT2D eigenvalue weighted by Gasteiger charge is -2.17. The van der Waals surface area contributed by atoms with Crippen molar-refractivity contribution in [2.75, 3.05) is 14.2 Å². The van der Waals surface area contributed by atoms with Gasteiger partial charge in [-0.25, -0.2) is 4.39 Å². The molecule has 0 atom stereocenters. The van der Waals surface area contributed by atoms with Gasteiger partial charge in [0, 0.05) is 19.2 Å². The fraction of sp³-hybridized carbons (Fsp3) is 0.158. The van der Waals surface area contributed by atoms with Crippen LogP contribution in [0.1, 0.15) is 15.9 Å². The Labute approximate surface area is 145 Å². The van der Waals surface area contributed by atoms with Crippen molar-refractivity contribution >= 4 is 5.91 Å². The predicted molar refractivity (Wildman–Crippen MR) is 92.8 cm³/mol. The summed E-state index contributed by atoms with van der Waals surface area (Å²) in [6.07, 6.45) is 1.49. The molecule has 0 fully saturated rings. The number of H-pyrrole nitrogens is 1. The number of nitrogens with one attached hydrogen (secondary N) is 1. The number of hydrogen-bond acceptors (Lipinski definition) is 3. The SMILES string of the molecule is COc1cccc(CN(C)C(=O)c2cn[nH]c2-c2ccc(F)cc2)c1. The third-order valence-electron chi connectivity index (χ3n) is 3.90. The average Bonchev–Trinajstić information content (AvgIpc) is 3.11. The summed E-state index contributed by atoms with van der Waals surface area (Å²) in [5.74, 6) is 0.246. The van der Waals surface area contributed by atoms with Gasteiger partial charge in [0.15, 0.2) is 0 Å². The van der Waals surface area contributed by atoms with E-state index in [-0.39, 0.29) is 11.7 Å². The van der Waals surface area contributed by atoms with E-state index in [1.54, 1.807) is 31.2 Å². The van der Waals surface area contributed by atoms with Crippen molar-refractivity contribution in [3.63, 3.8) is 0 Å². The molecule has 3 rings (SSSR count). The summed E-state index contributed by atoms with van der Waals surface area (Å²) in [6, 6.07) is 13.5. The molecule has 0 bridgehead atoms. The van der Waals surface area contributed by atoms with E-state index in [1.165, 1.54) is 18.3 Å². The normalized spacial score (nSPS) is 10.5. The average molecular weight is 339 g/mol. The number of aromatic nitrogens is 2. The van der Waals surface area contributed by atoms with Crippen molar-refractivity contribution in [3.05, 3.63) is 71.7 Å². The molecule has 0 aliphatic rings. The molecule has 6 heteroatoms. The number of halogens is 1. The van der Waals surface area contributed by atoms with Gasteiger partial charge in [-0.2, -0.15) is 5.10 Å². The third kappa shape index (κ3) is 3.68. The Bertz CT molecular complexity index is 874. The maximum atomic E-state index is 13.1. The van der Waals surface area contributed by atoms with E-state index in [0.29, 0.717) is 23.4 Å². The molecule has 0 aliphatic carbocycles. The first-order valence-electron chi connectivity index (χ1n) is 7.76. The number of carbonyl (C=O) groups is 1. The maximum absolute atomic E-state index is 13.1. The lowest BCUT2D eigenvalue weighted by molar-refractivity contribution is 0.0786. The fourth-order valence-electron chi connectivity index (χ4n) is 2.61. The van der Waals surface area contributed by atoms with E-state index in [9.17, 15) is 9.18 Å². The largest absolute Gasteiger partial charge is 0.497 e. The van der Waals surface area contributed by atoms with Gasteiger partial charge in [0.2, 0.25) is 0 Å². The van der Waals surface area contributed by atoms with E-state index >= 15 is 0 Å². The highest BCUT2D eigenvalue weighted by atomic mass is 19.1. The summed E-state index contributed by atoms with van der Waals surface area (Å²) in [5.41, 5.74) is 2.68. The lowest BCUT2D eigenvalue weighted by atomic mass is 10.1. The number of ether oxygens (including phenoxy) is 1. The topological polar surface area (TPSA) is 58.2 Å². The highest BCUT2D eigenvalue weighted by Gasteiger charge is 2.19. The van der Waals surface area contributed by atoms with Crippen LogP contribution in [0.15, 0.2) is 54.7 Å². The van der Waals surface area contributed by atoms with Crippen molar-refractivity contribution in [3.8, 4) is 17.0 Å². The number of amides is 1. The van der Waals surface area contributed by atoms with E-state index in [2.05, 4.69) is 10.2 Å². The zero-order valence-electron chi connectivity index (χ0n) is 14.0. The molecule has 0 spiro atoms. The van der Waals surface area contributed by atoms with Crippen LogP contribution >= 0.6 is 0 Å². The highest BCUT2D eigenvalue weighted by molar-refractivity contribution is 5.99. The van der Waals surface area contributed by atoms with E-state index < -0.39 is 0 Å². The van der Waals surface area contributed by atoms with Crippen LogP contribution in [0.25, 0.3) is 11.3 Å². The highest BCUT2D eigenvalue weighted by Crippen LogP contribution is 2.23. The fourth-order valence-corrected chi connectivity index (χ4v) is 2.61. The molecular formula is C19H18FN3O2. The molecule has 0 saturated heterocycles. The first-order valence-corrected chi connectivity index (χ1v) is 7.76. The Balaban J connectivity index is 1.81. The number of carbonyl (C=O) groups excluding carboxylic acids is 1. The number of aromatic amines is 1. The van der Waals surface area contributed by atoms with Gasteiger partial charge in [0.05, 0.1) is 24.6 Å². The molecule has 1 amide bonds. The minimum atomic E-state index is -0.328. The first-order chi connectivity index (χ1) is 12.1. The number of hydrogen-bond donors (Lipinski definition) is 1. The van der Waals surface area contributed by atoms with Crippen molar-refractivity contribution in [1.82, 2.24) is 15.1 Å². The van der Waals surface area contributed by atoms with Gasteiger partial charge in [-0.15, -0.1) is 0 Å². The van der Waals surface area contributed by atoms with Gasteiger partial charge in [0.1, 0.15) is 11.6 Å². The van der Waals surface area contributed by atoms with Gasteiger partial charge < -0.3 is 9.64 Å². The van der Waals surface area contributed by atoms with Gasteiger partial charge in [-0.1, -0.05) is 12.1 Å². The number of rotatable bonds is 5. The summed E-state index contributed by atoms with van der Waals surface area (Å²) in [6.45, 7) is 0.435. The molecule has 1 heterocycles. The number of methoxy groups -OCH3 is 1. The Morgan fingerprint density at radius 1 is 1.24 bits per heavy atom. The van der Waals surface area contributed by atoms with Gasteiger partial charge >= 0.3 is 0 Å². The molecule has 3 aromatic rings. The quantitative estimate of drug-likeness (QED) is 0.774. The van der Waals surface area contributed by atoms with Crippen LogP contribution in [0.4, 0.5) is 4.39 Å². The molecule has 128 valence electrons. The van der Waals surface area contributed by atoms with Crippen molar-refractivity contribution in [2.24, 2.45) is 0 Å². The first kappa shape index (κ1) is 16.7. The van der Waals surface area contributed by atoms with Gasteiger partial charge in [0.25, 0.3) is 5.91 Å². The summed E-state index contributed by atoms with van der Waals surface area (Å²) in [5, 5.41) is 6.79. The van der Waals surface area contributed by atoms with Crippen molar-refractivity contribution in [2.45, 2.75) is 6.54 Å². The Morgan fingerprint density at radius 2 is 2.00 bits per heavy atom. The minimum Gasteiger partial charge on any atom is -0.497 e. The van der Waals surface area contributed by atoms with Crippen LogP contribution in [0.3, 0.4) is 0 Å². The van der Waals surface area contributed by atoms with E-state index in [1.807, 2.05) is 24.3 Å². The van der Waals surface area contributed by atoms with Crippen LogP contribution in [0.5, 0.6) is 5.75 Å². The van der Waals surface area contributed by atoms with Gasteiger partial charge in [-0.05, 0) is 42.0 Å². The Kier molecular flexibility index (Phi) is 4.79. The second kappa shape index (κ2) is 7.17. The summed E-state index contributed by atoms with van der Waals surface area (Å²) < 4.78 is 18.3. The van der Waals surface area contributed by atoms with Crippen LogP contribution in [0.2, 0.25) is 0 Å². The molecule has 0 unspecified atom stereocenters. The monoisotopic (exact) mass is 339 g/mol. The number of nitrogens with zero attached hydrogens (tertiary/aromatic N) is 2. The molecule has 5 nitrogen and oxygen atoms in total. The summed E-state index contributed by atoms with van der Waals surface area (Å²) in [7, 11) is 3.33. The van der Waals surface area contributed by atoms with Crippen molar-refractivity contribution in [1.29, 1.82) is 0 Å². The number of benzene rings is 2. The lowest BCUT2D eigenvalue weighted by Crippen LogP contribution is -2.26. The summed E-state index contributed by atoms with van der Waals surface area (Å²) >= 11 is 0. The molecular weight excluding hydrogens is 321 g/mol. The second-order valence-corrected chi connectivity index (χ2v) is 5.68. The Hall–Kier alpha value is -3.15. The molecule has 0 radical (unpaired) electrons. The van der Waals surface area contributed by atoms with Crippen LogP contribution in [-0.4, -0.2) is 35.2 Å². The minimum absolute atomic E-state index is 0.170. The standard InChI is InChI=1S/C19H18FN3O2/c1-23(12-13-4-3-5-16(10-13)25-2)19(24)17-11-21-22-18(17)14-6-8-15(20)9-7-14/h3-11H,12H2,1-2H3,(H,21,22). The van der Waals surface area contributed by atoms with Crippen LogP contribution in [-0.2, 0) is 6.54 Å². The molecule has 25 heavy (non-hydrogen) atoms. The molecule has 1 aromatic heterocycles. The molecule has 2 aromatic carbocycles. The third-order valence-corrected chi connectivity index (χ3v) is 3.90. The van der Waals surface area contributed by atoms with E-state index in [4.69, 9.17) is 4.74 Å². The van der Waals surface area contributed by atoms with Gasteiger partial charge in [-0.3, -0.25) is 9.89 Å². The molecule has 1 N–H and O–H groups in total. The zero-order valence-corrected chi connectivity index (χ0v) is 14.0. The Morgan fingerprint density at radius 3 is 2.72 bits per heavy atom. The summed E-state index contributed by atoms with van der Waals surface area (Å²) in [4.78, 5) is 14.4. The second-order valence-electron chi connectivity index (χ2n) is 5.68. The van der Waals surface area contributed by atoms with E-state index in [0.717, 1.165) is 11.3 Å². The maximum Gasteiger partial charge on any atom is 0.257 e. The van der Waals surface area contributed by atoms with Crippen LogP contribution in [0, 0.1) is 5.82 Å². The zero-order chi connectivity index (χ0) is 17.8.